The van der Waals surface area contributed by atoms with Crippen LogP contribution in [0.4, 0.5) is 5.00 Å². The lowest BCUT2D eigenvalue weighted by molar-refractivity contribution is -0.422. The van der Waals surface area contributed by atoms with Gasteiger partial charge in [0.1, 0.15) is 0 Å². The van der Waals surface area contributed by atoms with E-state index in [2.05, 4.69) is 4.90 Å². The number of thiophene rings is 1. The number of morpholine rings is 1. The van der Waals surface area contributed by atoms with Gasteiger partial charge in [-0.15, -0.1) is 11.3 Å². The number of hydrogen-bond acceptors (Lipinski definition) is 5. The molecule has 0 spiro atoms. The van der Waals surface area contributed by atoms with Gasteiger partial charge in [0.15, 0.2) is 0 Å². The summed E-state index contributed by atoms with van der Waals surface area (Å²) in [5.74, 6) is 0. The van der Waals surface area contributed by atoms with E-state index in [-0.39, 0.29) is 10.6 Å². The molecule has 2 rings (SSSR count). The van der Waals surface area contributed by atoms with E-state index in [0.717, 1.165) is 36.2 Å². The van der Waals surface area contributed by atoms with Crippen LogP contribution in [0.25, 0.3) is 6.08 Å². The molecule has 0 unspecified atom stereocenters. The van der Waals surface area contributed by atoms with Crippen LogP contribution in [0, 0.1) is 10.1 Å². The molecule has 0 saturated carbocycles. The van der Waals surface area contributed by atoms with Crippen LogP contribution in [0.2, 0.25) is 0 Å². The predicted octanol–water partition coefficient (Wildman–Crippen LogP) is 2.22. The number of anilines is 1. The topological polar surface area (TPSA) is 55.6 Å². The average Bonchev–Trinajstić information content (AvgIpc) is 2.78. The smallest absolute Gasteiger partial charge is 0.244 e. The molecule has 0 amide bonds. The Morgan fingerprint density at radius 3 is 2.88 bits per heavy atom. The summed E-state index contributed by atoms with van der Waals surface area (Å²) in [5.41, 5.74) is 0.167. The van der Waals surface area contributed by atoms with Crippen molar-refractivity contribution >= 4 is 22.4 Å². The Morgan fingerprint density at radius 1 is 1.53 bits per heavy atom. The molecule has 5 nitrogen and oxygen atoms in total. The predicted molar refractivity (Wildman–Crippen MR) is 68.0 cm³/mol. The third-order valence-corrected chi connectivity index (χ3v) is 3.67. The standard InChI is InChI=1S/C11H14N2O3S/c1-9(13(14)15)8-10-2-3-11(17-10)12-4-6-16-7-5-12/h2-3,8H,4-7H2,1H3. The van der Waals surface area contributed by atoms with Crippen LogP contribution in [-0.2, 0) is 4.74 Å². The molecule has 0 bridgehead atoms. The molecular formula is C11H14N2O3S. The van der Waals surface area contributed by atoms with Crippen molar-refractivity contribution in [2.75, 3.05) is 31.2 Å². The second-order valence-electron chi connectivity index (χ2n) is 3.82. The molecule has 0 aliphatic carbocycles. The van der Waals surface area contributed by atoms with E-state index in [1.807, 2.05) is 12.1 Å². The van der Waals surface area contributed by atoms with Crippen LogP contribution < -0.4 is 4.90 Å². The first-order valence-electron chi connectivity index (χ1n) is 5.42. The molecule has 1 aromatic heterocycles. The van der Waals surface area contributed by atoms with E-state index < -0.39 is 0 Å². The Morgan fingerprint density at radius 2 is 2.24 bits per heavy atom. The molecule has 2 heterocycles. The maximum atomic E-state index is 10.5. The first kappa shape index (κ1) is 12.1. The van der Waals surface area contributed by atoms with Gasteiger partial charge < -0.3 is 9.64 Å². The largest absolute Gasteiger partial charge is 0.378 e. The number of rotatable bonds is 3. The van der Waals surface area contributed by atoms with Gasteiger partial charge in [0, 0.05) is 31.0 Å². The SMILES string of the molecule is CC(=Cc1ccc(N2CCOCC2)s1)[N+](=O)[O-]. The fourth-order valence-corrected chi connectivity index (χ4v) is 2.69. The van der Waals surface area contributed by atoms with Crippen molar-refractivity contribution in [3.63, 3.8) is 0 Å². The van der Waals surface area contributed by atoms with Crippen LogP contribution in [0.5, 0.6) is 0 Å². The minimum absolute atomic E-state index is 0.167. The van der Waals surface area contributed by atoms with Crippen molar-refractivity contribution in [2.24, 2.45) is 0 Å². The highest BCUT2D eigenvalue weighted by molar-refractivity contribution is 7.16. The zero-order valence-corrected chi connectivity index (χ0v) is 10.4. The minimum atomic E-state index is -0.367. The quantitative estimate of drug-likeness (QED) is 0.613. The Labute approximate surface area is 103 Å². The van der Waals surface area contributed by atoms with Crippen molar-refractivity contribution in [3.05, 3.63) is 32.8 Å². The number of nitro groups is 1. The lowest BCUT2D eigenvalue weighted by Crippen LogP contribution is -2.35. The molecule has 17 heavy (non-hydrogen) atoms. The van der Waals surface area contributed by atoms with Crippen molar-refractivity contribution in [2.45, 2.75) is 6.92 Å². The van der Waals surface area contributed by atoms with E-state index in [0.29, 0.717) is 0 Å². The third kappa shape index (κ3) is 3.04. The lowest BCUT2D eigenvalue weighted by Gasteiger charge is -2.27. The van der Waals surface area contributed by atoms with E-state index in [1.54, 1.807) is 17.4 Å². The maximum absolute atomic E-state index is 10.5. The van der Waals surface area contributed by atoms with Gasteiger partial charge in [-0.3, -0.25) is 10.1 Å². The highest BCUT2D eigenvalue weighted by Crippen LogP contribution is 2.28. The average molecular weight is 254 g/mol. The molecule has 6 heteroatoms. The molecule has 0 atom stereocenters. The zero-order chi connectivity index (χ0) is 12.3. The highest BCUT2D eigenvalue weighted by atomic mass is 32.1. The molecule has 1 fully saturated rings. The van der Waals surface area contributed by atoms with Gasteiger partial charge in [-0.25, -0.2) is 0 Å². The van der Waals surface area contributed by atoms with E-state index in [9.17, 15) is 10.1 Å². The number of allylic oxidation sites excluding steroid dienone is 1. The third-order valence-electron chi connectivity index (χ3n) is 2.57. The van der Waals surface area contributed by atoms with Gasteiger partial charge in [-0.05, 0) is 12.1 Å². The Balaban J connectivity index is 2.10. The van der Waals surface area contributed by atoms with Crippen LogP contribution >= 0.6 is 11.3 Å². The van der Waals surface area contributed by atoms with Gasteiger partial charge in [0.05, 0.1) is 23.1 Å². The fraction of sp³-hybridized carbons (Fsp3) is 0.455. The van der Waals surface area contributed by atoms with Crippen LogP contribution in [0.15, 0.2) is 17.8 Å². The summed E-state index contributed by atoms with van der Waals surface area (Å²) < 4.78 is 5.29. The fourth-order valence-electron chi connectivity index (χ4n) is 1.63. The Bertz CT molecular complexity index is 436. The van der Waals surface area contributed by atoms with Crippen molar-refractivity contribution in [3.8, 4) is 0 Å². The summed E-state index contributed by atoms with van der Waals surface area (Å²) in [6.07, 6.45) is 1.61. The normalized spacial score (nSPS) is 17.2. The zero-order valence-electron chi connectivity index (χ0n) is 9.59. The first-order valence-corrected chi connectivity index (χ1v) is 6.23. The van der Waals surface area contributed by atoms with Crippen molar-refractivity contribution in [1.82, 2.24) is 0 Å². The van der Waals surface area contributed by atoms with Crippen LogP contribution in [0.1, 0.15) is 11.8 Å². The van der Waals surface area contributed by atoms with Gasteiger partial charge in [0.2, 0.25) is 5.70 Å². The second kappa shape index (κ2) is 5.29. The van der Waals surface area contributed by atoms with E-state index in [4.69, 9.17) is 4.74 Å². The molecule has 1 aromatic rings. The Hall–Kier alpha value is -1.40. The van der Waals surface area contributed by atoms with Gasteiger partial charge in [-0.2, -0.15) is 0 Å². The summed E-state index contributed by atoms with van der Waals surface area (Å²) in [5, 5.41) is 11.7. The second-order valence-corrected chi connectivity index (χ2v) is 4.91. The van der Waals surface area contributed by atoms with E-state index in [1.165, 1.54) is 6.92 Å². The summed E-state index contributed by atoms with van der Waals surface area (Å²) in [4.78, 5) is 13.3. The van der Waals surface area contributed by atoms with Crippen LogP contribution in [0.3, 0.4) is 0 Å². The number of hydrogen-bond donors (Lipinski definition) is 0. The first-order chi connectivity index (χ1) is 8.16. The molecular weight excluding hydrogens is 240 g/mol. The number of ether oxygens (including phenoxy) is 1. The molecule has 0 N–H and O–H groups in total. The molecule has 0 radical (unpaired) electrons. The van der Waals surface area contributed by atoms with Gasteiger partial charge in [-0.1, -0.05) is 0 Å². The van der Waals surface area contributed by atoms with Crippen LogP contribution in [-0.4, -0.2) is 31.2 Å². The minimum Gasteiger partial charge on any atom is -0.378 e. The maximum Gasteiger partial charge on any atom is 0.244 e. The summed E-state index contributed by atoms with van der Waals surface area (Å²) in [7, 11) is 0. The lowest BCUT2D eigenvalue weighted by atomic mass is 10.3. The van der Waals surface area contributed by atoms with Gasteiger partial charge >= 0.3 is 0 Å². The van der Waals surface area contributed by atoms with Gasteiger partial charge in [0.25, 0.3) is 0 Å². The van der Waals surface area contributed by atoms with Crippen molar-refractivity contribution < 1.29 is 9.66 Å². The monoisotopic (exact) mass is 254 g/mol. The molecule has 92 valence electrons. The molecule has 0 aromatic carbocycles. The number of nitrogens with zero attached hydrogens (tertiary/aromatic N) is 2. The summed E-state index contributed by atoms with van der Waals surface area (Å²) in [6.45, 7) is 4.78. The highest BCUT2D eigenvalue weighted by Gasteiger charge is 2.13. The molecule has 1 aliphatic rings. The van der Waals surface area contributed by atoms with Crippen molar-refractivity contribution in [1.29, 1.82) is 0 Å². The molecule has 1 aliphatic heterocycles. The molecule has 1 saturated heterocycles. The van der Waals surface area contributed by atoms with E-state index >= 15 is 0 Å². The Kier molecular flexibility index (Phi) is 3.75. The summed E-state index contributed by atoms with van der Waals surface area (Å²) in [6, 6.07) is 3.93. The summed E-state index contributed by atoms with van der Waals surface area (Å²) >= 11 is 1.57.